The van der Waals surface area contributed by atoms with Gasteiger partial charge in [-0.25, -0.2) is 4.39 Å². The van der Waals surface area contributed by atoms with Crippen molar-refractivity contribution < 1.29 is 9.13 Å². The van der Waals surface area contributed by atoms with Crippen LogP contribution in [0.2, 0.25) is 0 Å². The molecule has 0 atom stereocenters. The van der Waals surface area contributed by atoms with Crippen molar-refractivity contribution in [1.29, 1.82) is 5.26 Å². The van der Waals surface area contributed by atoms with E-state index in [0.717, 1.165) is 5.56 Å². The fourth-order valence-electron chi connectivity index (χ4n) is 1.70. The van der Waals surface area contributed by atoms with Crippen LogP contribution in [0.1, 0.15) is 16.7 Å². The maximum Gasteiger partial charge on any atom is 0.124 e. The Bertz CT molecular complexity index is 622. The van der Waals surface area contributed by atoms with Gasteiger partial charge in [0, 0.05) is 11.1 Å². The summed E-state index contributed by atoms with van der Waals surface area (Å²) in [4.78, 5) is 0. The lowest BCUT2D eigenvalue weighted by Crippen LogP contribution is -2.00. The molecule has 96 valence electrons. The zero-order valence-corrected chi connectivity index (χ0v) is 10.8. The van der Waals surface area contributed by atoms with Crippen molar-refractivity contribution >= 4 is 11.6 Å². The van der Waals surface area contributed by atoms with Gasteiger partial charge in [-0.05, 0) is 24.3 Å². The first kappa shape index (κ1) is 13.4. The number of ether oxygens (including phenoxy) is 1. The van der Waals surface area contributed by atoms with E-state index >= 15 is 0 Å². The monoisotopic (exact) mass is 275 g/mol. The molecule has 0 aliphatic heterocycles. The van der Waals surface area contributed by atoms with Gasteiger partial charge < -0.3 is 4.74 Å². The summed E-state index contributed by atoms with van der Waals surface area (Å²) in [7, 11) is 0. The molecule has 2 rings (SSSR count). The van der Waals surface area contributed by atoms with Crippen LogP contribution in [0.4, 0.5) is 4.39 Å². The molecule has 0 radical (unpaired) electrons. The fraction of sp³-hybridized carbons (Fsp3) is 0.133. The first-order valence-electron chi connectivity index (χ1n) is 5.70. The van der Waals surface area contributed by atoms with Crippen LogP contribution in [0.25, 0.3) is 0 Å². The number of hydrogen-bond donors (Lipinski definition) is 0. The quantitative estimate of drug-likeness (QED) is 0.790. The lowest BCUT2D eigenvalue weighted by Gasteiger charge is -2.10. The molecule has 0 bridgehead atoms. The van der Waals surface area contributed by atoms with Crippen molar-refractivity contribution in [3.63, 3.8) is 0 Å². The van der Waals surface area contributed by atoms with Gasteiger partial charge in [0.1, 0.15) is 18.2 Å². The molecular formula is C15H11ClFNO. The molecule has 0 saturated carbocycles. The number of halogens is 2. The van der Waals surface area contributed by atoms with Gasteiger partial charge in [-0.2, -0.15) is 5.26 Å². The van der Waals surface area contributed by atoms with Crippen LogP contribution in [0, 0.1) is 17.1 Å². The highest BCUT2D eigenvalue weighted by Gasteiger charge is 2.06. The molecule has 0 spiro atoms. The maximum atomic E-state index is 13.2. The predicted octanol–water partition coefficient (Wildman–Crippen LogP) is 4.02. The topological polar surface area (TPSA) is 33.0 Å². The molecule has 2 nitrogen and oxygen atoms in total. The van der Waals surface area contributed by atoms with Gasteiger partial charge >= 0.3 is 0 Å². The second kappa shape index (κ2) is 6.21. The summed E-state index contributed by atoms with van der Waals surface area (Å²) in [5.74, 6) is 0.596. The zero-order valence-electron chi connectivity index (χ0n) is 10.1. The lowest BCUT2D eigenvalue weighted by molar-refractivity contribution is 0.303. The Kier molecular flexibility index (Phi) is 4.38. The first-order valence-corrected chi connectivity index (χ1v) is 6.23. The van der Waals surface area contributed by atoms with Gasteiger partial charge in [-0.3, -0.25) is 0 Å². The molecule has 0 N–H and O–H groups in total. The standard InChI is InChI=1S/C15H11ClFNO/c16-8-11-3-1-2-4-15(11)19-10-13-7-14(17)6-5-12(13)9-18/h1-7H,8,10H2. The third kappa shape index (κ3) is 3.24. The SMILES string of the molecule is N#Cc1ccc(F)cc1COc1ccccc1CCl. The summed E-state index contributed by atoms with van der Waals surface area (Å²) in [6.07, 6.45) is 0. The van der Waals surface area contributed by atoms with Gasteiger partial charge in [0.15, 0.2) is 0 Å². The third-order valence-electron chi connectivity index (χ3n) is 2.69. The zero-order chi connectivity index (χ0) is 13.7. The number of para-hydroxylation sites is 1. The van der Waals surface area contributed by atoms with E-state index in [1.807, 2.05) is 24.3 Å². The van der Waals surface area contributed by atoms with Crippen molar-refractivity contribution in [2.45, 2.75) is 12.5 Å². The Labute approximate surface area is 116 Å². The minimum Gasteiger partial charge on any atom is -0.489 e. The van der Waals surface area contributed by atoms with Crippen LogP contribution in [-0.2, 0) is 12.5 Å². The van der Waals surface area contributed by atoms with E-state index in [4.69, 9.17) is 21.6 Å². The van der Waals surface area contributed by atoms with Crippen LogP contribution in [0.3, 0.4) is 0 Å². The summed E-state index contributed by atoms with van der Waals surface area (Å²) >= 11 is 5.81. The van der Waals surface area contributed by atoms with Crippen molar-refractivity contribution in [2.24, 2.45) is 0 Å². The highest BCUT2D eigenvalue weighted by Crippen LogP contribution is 2.22. The van der Waals surface area contributed by atoms with E-state index in [2.05, 4.69) is 0 Å². The molecule has 0 aromatic heterocycles. The van der Waals surface area contributed by atoms with Crippen LogP contribution < -0.4 is 4.74 Å². The van der Waals surface area contributed by atoms with Crippen LogP contribution in [0.5, 0.6) is 5.75 Å². The van der Waals surface area contributed by atoms with E-state index in [9.17, 15) is 4.39 Å². The minimum atomic E-state index is -0.386. The van der Waals surface area contributed by atoms with Gasteiger partial charge in [-0.1, -0.05) is 18.2 Å². The maximum absolute atomic E-state index is 13.2. The summed E-state index contributed by atoms with van der Waals surface area (Å²) in [5.41, 5.74) is 1.79. The molecule has 2 aromatic carbocycles. The number of nitrogens with zero attached hydrogens (tertiary/aromatic N) is 1. The molecule has 0 fully saturated rings. The average molecular weight is 276 g/mol. The van der Waals surface area contributed by atoms with Crippen LogP contribution in [-0.4, -0.2) is 0 Å². The van der Waals surface area contributed by atoms with E-state index < -0.39 is 0 Å². The van der Waals surface area contributed by atoms with Gasteiger partial charge in [0.05, 0.1) is 17.5 Å². The molecule has 19 heavy (non-hydrogen) atoms. The molecular weight excluding hydrogens is 265 g/mol. The first-order chi connectivity index (χ1) is 9.24. The van der Waals surface area contributed by atoms with E-state index in [1.54, 1.807) is 6.07 Å². The molecule has 0 saturated heterocycles. The second-order valence-electron chi connectivity index (χ2n) is 3.94. The Morgan fingerprint density at radius 1 is 1.16 bits per heavy atom. The van der Waals surface area contributed by atoms with Crippen molar-refractivity contribution in [2.75, 3.05) is 0 Å². The molecule has 0 heterocycles. The average Bonchev–Trinajstić information content (AvgIpc) is 2.45. The normalized spacial score (nSPS) is 9.95. The van der Waals surface area contributed by atoms with E-state index in [-0.39, 0.29) is 12.4 Å². The second-order valence-corrected chi connectivity index (χ2v) is 4.21. The number of nitriles is 1. The Morgan fingerprint density at radius 3 is 2.68 bits per heavy atom. The van der Waals surface area contributed by atoms with E-state index in [1.165, 1.54) is 18.2 Å². The number of hydrogen-bond acceptors (Lipinski definition) is 2. The molecule has 0 unspecified atom stereocenters. The number of alkyl halides is 1. The molecule has 4 heteroatoms. The van der Waals surface area contributed by atoms with Crippen molar-refractivity contribution in [3.8, 4) is 11.8 Å². The fourth-order valence-corrected chi connectivity index (χ4v) is 1.92. The molecule has 0 aliphatic carbocycles. The molecule has 2 aromatic rings. The van der Waals surface area contributed by atoms with Gasteiger partial charge in [-0.15, -0.1) is 11.6 Å². The van der Waals surface area contributed by atoms with Crippen molar-refractivity contribution in [1.82, 2.24) is 0 Å². The molecule has 0 amide bonds. The Morgan fingerprint density at radius 2 is 1.95 bits per heavy atom. The van der Waals surface area contributed by atoms with Crippen LogP contribution >= 0.6 is 11.6 Å². The van der Waals surface area contributed by atoms with Gasteiger partial charge in [0.25, 0.3) is 0 Å². The summed E-state index contributed by atoms with van der Waals surface area (Å²) in [5, 5.41) is 8.96. The van der Waals surface area contributed by atoms with Crippen LogP contribution in [0.15, 0.2) is 42.5 Å². The summed E-state index contributed by atoms with van der Waals surface area (Å²) in [6.45, 7) is 0.133. The smallest absolute Gasteiger partial charge is 0.124 e. The number of benzene rings is 2. The highest BCUT2D eigenvalue weighted by atomic mass is 35.5. The lowest BCUT2D eigenvalue weighted by atomic mass is 10.1. The van der Waals surface area contributed by atoms with Crippen molar-refractivity contribution in [3.05, 3.63) is 65.0 Å². The minimum absolute atomic E-state index is 0.133. The van der Waals surface area contributed by atoms with Gasteiger partial charge in [0.2, 0.25) is 0 Å². The third-order valence-corrected chi connectivity index (χ3v) is 2.98. The number of rotatable bonds is 4. The molecule has 0 aliphatic rings. The predicted molar refractivity (Wildman–Crippen MR) is 71.4 cm³/mol. The largest absolute Gasteiger partial charge is 0.489 e. The Hall–Kier alpha value is -2.05. The summed E-state index contributed by atoms with van der Waals surface area (Å²) in [6, 6.07) is 13.4. The van der Waals surface area contributed by atoms with E-state index in [0.29, 0.717) is 22.8 Å². The Balaban J connectivity index is 2.19. The highest BCUT2D eigenvalue weighted by molar-refractivity contribution is 6.17. The summed E-state index contributed by atoms with van der Waals surface area (Å²) < 4.78 is 18.8.